The maximum atomic E-state index is 15.4. The molecule has 54 heavy (non-hydrogen) atoms. The quantitative estimate of drug-likeness (QED) is 0.310. The minimum atomic E-state index is -1.11. The van der Waals surface area contributed by atoms with Crippen LogP contribution in [-0.4, -0.2) is 109 Å². The van der Waals surface area contributed by atoms with Crippen LogP contribution in [0.4, 0.5) is 21.6 Å². The van der Waals surface area contributed by atoms with Crippen LogP contribution in [0.15, 0.2) is 48.7 Å². The largest absolute Gasteiger partial charge is 0.377 e. The Labute approximate surface area is 316 Å². The van der Waals surface area contributed by atoms with Gasteiger partial charge in [0.25, 0.3) is 11.8 Å². The Bertz CT molecular complexity index is 2060. The van der Waals surface area contributed by atoms with E-state index < -0.39 is 35.5 Å². The molecule has 5 aliphatic heterocycles. The number of benzene rings is 2. The van der Waals surface area contributed by atoms with Crippen LogP contribution in [-0.2, 0) is 24.5 Å². The molecule has 0 spiro atoms. The van der Waals surface area contributed by atoms with E-state index in [0.717, 1.165) is 40.0 Å². The number of hydrogen-bond donors (Lipinski definition) is 2. The molecular weight excluding hydrogens is 717 g/mol. The maximum absolute atomic E-state index is 15.4. The topological polar surface area (TPSA) is 144 Å². The highest BCUT2D eigenvalue weighted by Gasteiger charge is 2.46. The minimum absolute atomic E-state index is 0.00775. The van der Waals surface area contributed by atoms with Gasteiger partial charge in [-0.3, -0.25) is 39.1 Å². The summed E-state index contributed by atoms with van der Waals surface area (Å²) in [6.45, 7) is 6.40. The van der Waals surface area contributed by atoms with E-state index in [0.29, 0.717) is 63.7 Å². The lowest BCUT2D eigenvalue weighted by molar-refractivity contribution is -0.136. The van der Waals surface area contributed by atoms with Crippen molar-refractivity contribution in [3.8, 4) is 0 Å². The average Bonchev–Trinajstić information content (AvgIpc) is 3.67. The van der Waals surface area contributed by atoms with Crippen molar-refractivity contribution < 1.29 is 33.1 Å². The van der Waals surface area contributed by atoms with Gasteiger partial charge >= 0.3 is 0 Å². The smallest absolute Gasteiger partial charge is 0.262 e. The Morgan fingerprint density at radius 3 is 2.50 bits per heavy atom. The first-order valence-electron chi connectivity index (χ1n) is 18.5. The van der Waals surface area contributed by atoms with Crippen LogP contribution in [0, 0.1) is 5.82 Å². The first-order valence-corrected chi connectivity index (χ1v) is 18.9. The molecule has 0 aliphatic carbocycles. The van der Waals surface area contributed by atoms with E-state index >= 15 is 4.39 Å². The molecular formula is C39H41ClFN7O6. The maximum Gasteiger partial charge on any atom is 0.262 e. The van der Waals surface area contributed by atoms with Crippen LogP contribution < -0.4 is 20.4 Å². The molecule has 13 nitrogen and oxygen atoms in total. The fraction of sp³-hybridized carbons (Fsp3) is 0.436. The molecule has 8 rings (SSSR count). The van der Waals surface area contributed by atoms with E-state index in [2.05, 4.69) is 39.6 Å². The molecule has 5 amide bonds. The zero-order valence-corrected chi connectivity index (χ0v) is 30.7. The highest BCUT2D eigenvalue weighted by atomic mass is 35.5. The summed E-state index contributed by atoms with van der Waals surface area (Å²) in [5.74, 6) is -2.37. The summed E-state index contributed by atoms with van der Waals surface area (Å²) < 4.78 is 21.6. The van der Waals surface area contributed by atoms with Crippen molar-refractivity contribution >= 4 is 58.3 Å². The Morgan fingerprint density at radius 1 is 0.981 bits per heavy atom. The molecule has 3 saturated heterocycles. The summed E-state index contributed by atoms with van der Waals surface area (Å²) in [5, 5.41) is 6.27. The number of hydrogen-bond acceptors (Lipinski definition) is 10. The van der Waals surface area contributed by atoms with Gasteiger partial charge in [-0.25, -0.2) is 9.37 Å². The van der Waals surface area contributed by atoms with Gasteiger partial charge < -0.3 is 19.9 Å². The van der Waals surface area contributed by atoms with Gasteiger partial charge in [-0.15, -0.1) is 0 Å². The number of ether oxygens (including phenoxy) is 1. The number of anilines is 3. The predicted molar refractivity (Wildman–Crippen MR) is 198 cm³/mol. The molecule has 2 N–H and O–H groups in total. The van der Waals surface area contributed by atoms with Crippen molar-refractivity contribution in [1.29, 1.82) is 0 Å². The standard InChI is InChI=1S/C39H41ClFN7O6/c1-2-39(22-43-35-34(39)28(40)8-11-42-35)23-4-3-5-24(18-23)47-15-14-45(21-33(47)50)16-17-54-25-9-12-46(13-10-25)31-20-27-26(19-29(31)41)37(52)48(38(27)53)30-6-7-32(49)44-36(30)51/h3-5,8,11,18-20,25,30H,2,6-7,9-10,12-17,21-22H2,1H3,(H,42,43)(H,44,49,51). The summed E-state index contributed by atoms with van der Waals surface area (Å²) in [4.78, 5) is 74.9. The second kappa shape index (κ2) is 14.4. The molecule has 0 bridgehead atoms. The van der Waals surface area contributed by atoms with Crippen LogP contribution >= 0.6 is 11.6 Å². The number of aromatic nitrogens is 1. The number of amides is 5. The SMILES string of the molecule is CCC1(c2cccc(N3CCN(CCOC4CCN(c5cc6c(cc5F)C(=O)N(C5CCC(=O)NC5=O)C6=O)CC4)CC3=O)c2)CNc2nccc(Cl)c21. The lowest BCUT2D eigenvalue weighted by atomic mass is 9.74. The molecule has 2 aromatic carbocycles. The third-order valence-electron chi connectivity index (χ3n) is 11.6. The number of rotatable bonds is 9. The Morgan fingerprint density at radius 2 is 1.76 bits per heavy atom. The molecule has 15 heteroatoms. The zero-order valence-electron chi connectivity index (χ0n) is 29.9. The van der Waals surface area contributed by atoms with Crippen molar-refractivity contribution in [3.63, 3.8) is 0 Å². The van der Waals surface area contributed by atoms with Crippen LogP contribution in [0.3, 0.4) is 0 Å². The lowest BCUT2D eigenvalue weighted by Crippen LogP contribution is -2.54. The highest BCUT2D eigenvalue weighted by molar-refractivity contribution is 6.32. The summed E-state index contributed by atoms with van der Waals surface area (Å²) >= 11 is 6.68. The van der Waals surface area contributed by atoms with Gasteiger partial charge in [-0.05, 0) is 61.6 Å². The van der Waals surface area contributed by atoms with Crippen molar-refractivity contribution in [1.82, 2.24) is 20.1 Å². The molecule has 1 aromatic heterocycles. The number of carbonyl (C=O) groups is 5. The van der Waals surface area contributed by atoms with Crippen molar-refractivity contribution in [3.05, 3.63) is 81.8 Å². The number of carbonyl (C=O) groups excluding carboxylic acids is 5. The molecule has 2 unspecified atom stereocenters. The van der Waals surface area contributed by atoms with Gasteiger partial charge in [-0.1, -0.05) is 30.7 Å². The van der Waals surface area contributed by atoms with Crippen molar-refractivity contribution in [2.75, 3.05) is 67.5 Å². The fourth-order valence-electron chi connectivity index (χ4n) is 8.59. The molecule has 5 aliphatic rings. The van der Waals surface area contributed by atoms with Gasteiger partial charge in [0.2, 0.25) is 17.7 Å². The third-order valence-corrected chi connectivity index (χ3v) is 11.9. The monoisotopic (exact) mass is 757 g/mol. The average molecular weight is 758 g/mol. The van der Waals surface area contributed by atoms with E-state index in [9.17, 15) is 24.0 Å². The molecule has 0 radical (unpaired) electrons. The Balaban J connectivity index is 0.829. The van der Waals surface area contributed by atoms with Gasteiger partial charge in [0.05, 0.1) is 36.1 Å². The van der Waals surface area contributed by atoms with Crippen molar-refractivity contribution in [2.45, 2.75) is 56.6 Å². The van der Waals surface area contributed by atoms with Crippen LogP contribution in [0.1, 0.15) is 70.9 Å². The number of fused-ring (bicyclic) bond motifs is 2. The Kier molecular flexibility index (Phi) is 9.61. The van der Waals surface area contributed by atoms with E-state index in [1.165, 1.54) is 6.07 Å². The van der Waals surface area contributed by atoms with E-state index in [1.54, 1.807) is 6.20 Å². The second-order valence-corrected chi connectivity index (χ2v) is 14.9. The minimum Gasteiger partial charge on any atom is -0.377 e. The fourth-order valence-corrected chi connectivity index (χ4v) is 8.92. The van der Waals surface area contributed by atoms with Crippen LogP contribution in [0.2, 0.25) is 5.02 Å². The zero-order chi connectivity index (χ0) is 37.7. The molecule has 3 fully saturated rings. The normalized spacial score (nSPS) is 23.5. The lowest BCUT2D eigenvalue weighted by Gasteiger charge is -2.36. The summed E-state index contributed by atoms with van der Waals surface area (Å²) in [7, 11) is 0. The first-order chi connectivity index (χ1) is 26.1. The summed E-state index contributed by atoms with van der Waals surface area (Å²) in [6.07, 6.45) is 3.79. The third kappa shape index (κ3) is 6.29. The van der Waals surface area contributed by atoms with Gasteiger partial charge in [0.1, 0.15) is 17.7 Å². The Hall–Kier alpha value is -4.92. The molecule has 3 aromatic rings. The summed E-state index contributed by atoms with van der Waals surface area (Å²) in [6, 6.07) is 11.4. The number of piperazine rings is 1. The second-order valence-electron chi connectivity index (χ2n) is 14.5. The van der Waals surface area contributed by atoms with Crippen LogP contribution in [0.5, 0.6) is 0 Å². The van der Waals surface area contributed by atoms with Crippen LogP contribution in [0.25, 0.3) is 0 Å². The highest BCUT2D eigenvalue weighted by Crippen LogP contribution is 2.47. The predicted octanol–water partition coefficient (Wildman–Crippen LogP) is 3.73. The number of piperidine rings is 2. The van der Waals surface area contributed by atoms with Gasteiger partial charge in [0.15, 0.2) is 0 Å². The van der Waals surface area contributed by atoms with Crippen molar-refractivity contribution in [2.24, 2.45) is 0 Å². The number of halogens is 2. The van der Waals surface area contributed by atoms with E-state index in [-0.39, 0.29) is 53.6 Å². The van der Waals surface area contributed by atoms with Gasteiger partial charge in [0, 0.05) is 73.6 Å². The van der Waals surface area contributed by atoms with Gasteiger partial charge in [-0.2, -0.15) is 0 Å². The number of imide groups is 2. The molecule has 0 saturated carbocycles. The number of nitrogens with zero attached hydrogens (tertiary/aromatic N) is 5. The number of pyridine rings is 1. The molecule has 6 heterocycles. The summed E-state index contributed by atoms with van der Waals surface area (Å²) in [5.41, 5.74) is 2.80. The van der Waals surface area contributed by atoms with E-state index in [1.807, 2.05) is 28.0 Å². The first kappa shape index (κ1) is 36.1. The number of nitrogens with one attached hydrogen (secondary N) is 2. The molecule has 2 atom stereocenters. The molecule has 282 valence electrons. The van der Waals surface area contributed by atoms with E-state index in [4.69, 9.17) is 16.3 Å².